The minimum Gasteiger partial charge on any atom is -0.342 e. The fourth-order valence-electron chi connectivity index (χ4n) is 2.73. The van der Waals surface area contributed by atoms with Gasteiger partial charge in [-0.15, -0.1) is 12.4 Å². The molecule has 1 aliphatic heterocycles. The first-order valence-electron chi connectivity index (χ1n) is 7.82. The van der Waals surface area contributed by atoms with E-state index in [4.69, 9.17) is 5.73 Å². The molecule has 1 unspecified atom stereocenters. The molecule has 0 aliphatic carbocycles. The van der Waals surface area contributed by atoms with Gasteiger partial charge in [-0.3, -0.25) is 4.79 Å². The van der Waals surface area contributed by atoms with Crippen LogP contribution in [0.15, 0.2) is 23.1 Å². The molecular weight excluding hydrogens is 350 g/mol. The van der Waals surface area contributed by atoms with E-state index >= 15 is 0 Å². The molecule has 1 atom stereocenters. The van der Waals surface area contributed by atoms with Crippen molar-refractivity contribution >= 4 is 28.3 Å². The van der Waals surface area contributed by atoms with E-state index in [9.17, 15) is 13.2 Å². The Morgan fingerprint density at radius 1 is 1.29 bits per heavy atom. The van der Waals surface area contributed by atoms with Crippen molar-refractivity contribution in [3.05, 3.63) is 29.3 Å². The zero-order valence-electron chi connectivity index (χ0n) is 14.4. The smallest absolute Gasteiger partial charge is 0.243 e. The van der Waals surface area contributed by atoms with Gasteiger partial charge in [0.15, 0.2) is 0 Å². The summed E-state index contributed by atoms with van der Waals surface area (Å²) in [6, 6.07) is 5.00. The lowest BCUT2D eigenvalue weighted by molar-refractivity contribution is -0.128. The number of nitrogens with zero attached hydrogens (tertiary/aromatic N) is 2. The third-order valence-corrected chi connectivity index (χ3v) is 6.53. The van der Waals surface area contributed by atoms with E-state index in [-0.39, 0.29) is 35.8 Å². The van der Waals surface area contributed by atoms with Crippen LogP contribution < -0.4 is 5.73 Å². The third kappa shape index (κ3) is 4.27. The number of sulfonamides is 1. The SMILES string of the molecule is CC(=O)N1CCc2ccc(S(=O)(=O)N(C)C(C)CN)cc2CC1.Cl. The second-order valence-electron chi connectivity index (χ2n) is 6.04. The van der Waals surface area contributed by atoms with Crippen LogP contribution in [0.1, 0.15) is 25.0 Å². The lowest BCUT2D eigenvalue weighted by atomic mass is 10.0. The number of hydrogen-bond acceptors (Lipinski definition) is 4. The van der Waals surface area contributed by atoms with Crippen LogP contribution in [0.5, 0.6) is 0 Å². The molecule has 0 spiro atoms. The predicted molar refractivity (Wildman–Crippen MR) is 96.8 cm³/mol. The Balaban J connectivity index is 0.00000288. The Hall–Kier alpha value is -1.15. The van der Waals surface area contributed by atoms with Crippen LogP contribution in [0.25, 0.3) is 0 Å². The number of nitrogens with two attached hydrogens (primary N) is 1. The second kappa shape index (κ2) is 8.29. The molecule has 1 heterocycles. The first-order chi connectivity index (χ1) is 10.8. The number of likely N-dealkylation sites (N-methyl/N-ethyl adjacent to an activating group) is 1. The molecule has 0 radical (unpaired) electrons. The Bertz CT molecular complexity index is 694. The molecular formula is C16H26ClN3O3S. The molecule has 8 heteroatoms. The second-order valence-corrected chi connectivity index (χ2v) is 8.04. The number of rotatable bonds is 4. The highest BCUT2D eigenvalue weighted by molar-refractivity contribution is 7.89. The molecule has 24 heavy (non-hydrogen) atoms. The van der Waals surface area contributed by atoms with E-state index in [0.717, 1.165) is 17.5 Å². The van der Waals surface area contributed by atoms with Crippen molar-refractivity contribution < 1.29 is 13.2 Å². The van der Waals surface area contributed by atoms with Crippen molar-refractivity contribution in [3.63, 3.8) is 0 Å². The summed E-state index contributed by atoms with van der Waals surface area (Å²) in [5.41, 5.74) is 7.70. The van der Waals surface area contributed by atoms with Crippen LogP contribution in [0, 0.1) is 0 Å². The molecule has 2 N–H and O–H groups in total. The largest absolute Gasteiger partial charge is 0.342 e. The summed E-state index contributed by atoms with van der Waals surface area (Å²) < 4.78 is 26.7. The molecule has 1 amide bonds. The van der Waals surface area contributed by atoms with Gasteiger partial charge in [0.1, 0.15) is 0 Å². The minimum atomic E-state index is -3.55. The zero-order chi connectivity index (χ0) is 17.2. The van der Waals surface area contributed by atoms with Gasteiger partial charge < -0.3 is 10.6 Å². The van der Waals surface area contributed by atoms with Crippen molar-refractivity contribution in [2.24, 2.45) is 5.73 Å². The standard InChI is InChI=1S/C16H25N3O3S.ClH/c1-12(11-17)18(3)23(21,22)16-5-4-14-6-8-19(13(2)20)9-7-15(14)10-16;/h4-5,10,12H,6-9,11,17H2,1-3H3;1H. The van der Waals surface area contributed by atoms with E-state index in [1.807, 2.05) is 6.07 Å². The summed E-state index contributed by atoms with van der Waals surface area (Å²) in [5.74, 6) is 0.0576. The average molecular weight is 376 g/mol. The summed E-state index contributed by atoms with van der Waals surface area (Å²) in [7, 11) is -2.00. The Morgan fingerprint density at radius 3 is 2.42 bits per heavy atom. The molecule has 0 aromatic heterocycles. The lowest BCUT2D eigenvalue weighted by Crippen LogP contribution is -2.39. The van der Waals surface area contributed by atoms with Crippen LogP contribution in [0.3, 0.4) is 0 Å². The third-order valence-electron chi connectivity index (χ3n) is 4.56. The molecule has 0 bridgehead atoms. The van der Waals surface area contributed by atoms with Gasteiger partial charge in [-0.25, -0.2) is 8.42 Å². The molecule has 0 saturated heterocycles. The quantitative estimate of drug-likeness (QED) is 0.851. The number of benzene rings is 1. The maximum Gasteiger partial charge on any atom is 0.243 e. The molecule has 1 aliphatic rings. The number of amides is 1. The van der Waals surface area contributed by atoms with Gasteiger partial charge in [-0.1, -0.05) is 6.07 Å². The van der Waals surface area contributed by atoms with E-state index in [2.05, 4.69) is 0 Å². The van der Waals surface area contributed by atoms with E-state index in [1.165, 1.54) is 4.31 Å². The van der Waals surface area contributed by atoms with Crippen molar-refractivity contribution in [1.29, 1.82) is 0 Å². The number of halogens is 1. The van der Waals surface area contributed by atoms with Crippen LogP contribution in [-0.4, -0.2) is 56.3 Å². The molecule has 0 saturated carbocycles. The lowest BCUT2D eigenvalue weighted by Gasteiger charge is -2.23. The van der Waals surface area contributed by atoms with Crippen LogP contribution in [-0.2, 0) is 27.7 Å². The fourth-order valence-corrected chi connectivity index (χ4v) is 4.15. The molecule has 136 valence electrons. The van der Waals surface area contributed by atoms with Gasteiger partial charge in [0.05, 0.1) is 4.90 Å². The van der Waals surface area contributed by atoms with E-state index in [0.29, 0.717) is 19.5 Å². The van der Waals surface area contributed by atoms with E-state index < -0.39 is 10.0 Å². The molecule has 6 nitrogen and oxygen atoms in total. The van der Waals surface area contributed by atoms with Crippen molar-refractivity contribution in [3.8, 4) is 0 Å². The Kier molecular flexibility index (Phi) is 7.22. The average Bonchev–Trinajstić information content (AvgIpc) is 2.75. The summed E-state index contributed by atoms with van der Waals surface area (Å²) in [4.78, 5) is 13.6. The monoisotopic (exact) mass is 375 g/mol. The number of fused-ring (bicyclic) bond motifs is 1. The van der Waals surface area contributed by atoms with Crippen LogP contribution in [0.4, 0.5) is 0 Å². The molecule has 0 fully saturated rings. The topological polar surface area (TPSA) is 83.7 Å². The van der Waals surface area contributed by atoms with Gasteiger partial charge in [-0.2, -0.15) is 4.31 Å². The highest BCUT2D eigenvalue weighted by Crippen LogP contribution is 2.23. The summed E-state index contributed by atoms with van der Waals surface area (Å²) in [5, 5.41) is 0. The van der Waals surface area contributed by atoms with Crippen molar-refractivity contribution in [2.75, 3.05) is 26.7 Å². The first kappa shape index (κ1) is 20.9. The van der Waals surface area contributed by atoms with Gasteiger partial charge in [0, 0.05) is 39.6 Å². The van der Waals surface area contributed by atoms with Crippen LogP contribution >= 0.6 is 12.4 Å². The number of carbonyl (C=O) groups excluding carboxylic acids is 1. The van der Waals surface area contributed by atoms with Crippen molar-refractivity contribution in [1.82, 2.24) is 9.21 Å². The summed E-state index contributed by atoms with van der Waals surface area (Å²) in [6.45, 7) is 4.93. The fraction of sp³-hybridized carbons (Fsp3) is 0.562. The molecule has 2 rings (SSSR count). The minimum absolute atomic E-state index is 0. The van der Waals surface area contributed by atoms with E-state index in [1.54, 1.807) is 37.9 Å². The van der Waals surface area contributed by atoms with Gasteiger partial charge in [0.25, 0.3) is 0 Å². The van der Waals surface area contributed by atoms with Gasteiger partial charge >= 0.3 is 0 Å². The zero-order valence-corrected chi connectivity index (χ0v) is 16.0. The maximum atomic E-state index is 12.7. The maximum absolute atomic E-state index is 12.7. The van der Waals surface area contributed by atoms with Crippen LogP contribution in [0.2, 0.25) is 0 Å². The Morgan fingerprint density at radius 2 is 1.88 bits per heavy atom. The highest BCUT2D eigenvalue weighted by Gasteiger charge is 2.26. The molecule has 1 aromatic carbocycles. The number of carbonyl (C=O) groups is 1. The van der Waals surface area contributed by atoms with Gasteiger partial charge in [-0.05, 0) is 43.0 Å². The highest BCUT2D eigenvalue weighted by atomic mass is 35.5. The first-order valence-corrected chi connectivity index (χ1v) is 9.26. The normalized spacial score (nSPS) is 16.1. The molecule has 1 aromatic rings. The number of hydrogen-bond donors (Lipinski definition) is 1. The predicted octanol–water partition coefficient (Wildman–Crippen LogP) is 1.02. The summed E-state index contributed by atoms with van der Waals surface area (Å²) in [6.07, 6.45) is 1.43. The Labute approximate surface area is 150 Å². The summed E-state index contributed by atoms with van der Waals surface area (Å²) >= 11 is 0. The van der Waals surface area contributed by atoms with Gasteiger partial charge in [0.2, 0.25) is 15.9 Å². The van der Waals surface area contributed by atoms with Crippen molar-refractivity contribution in [2.45, 2.75) is 37.6 Å².